The Labute approximate surface area is 156 Å². The van der Waals surface area contributed by atoms with Gasteiger partial charge in [-0.2, -0.15) is 0 Å². The van der Waals surface area contributed by atoms with Gasteiger partial charge in [0, 0.05) is 6.20 Å². The third-order valence-electron chi connectivity index (χ3n) is 4.66. The van der Waals surface area contributed by atoms with Crippen LogP contribution < -0.4 is 0 Å². The number of thioether (sulfide) groups is 1. The second-order valence-corrected chi connectivity index (χ2v) is 7.58. The van der Waals surface area contributed by atoms with E-state index in [0.29, 0.717) is 17.3 Å². The van der Waals surface area contributed by atoms with Crippen molar-refractivity contribution < 1.29 is 9.52 Å². The minimum absolute atomic E-state index is 0.0274. The van der Waals surface area contributed by atoms with E-state index < -0.39 is 0 Å². The summed E-state index contributed by atoms with van der Waals surface area (Å²) >= 11 is 1.62. The molecular weight excluding hydrogens is 348 g/mol. The summed E-state index contributed by atoms with van der Waals surface area (Å²) in [5, 5.41) is 16.1. The molecule has 0 unspecified atom stereocenters. The van der Waals surface area contributed by atoms with E-state index in [-0.39, 0.29) is 12.1 Å². The maximum atomic E-state index is 10.5. The molecule has 2 atom stereocenters. The van der Waals surface area contributed by atoms with Gasteiger partial charge in [-0.3, -0.25) is 0 Å². The average Bonchev–Trinajstić information content (AvgIpc) is 3.27. The smallest absolute Gasteiger partial charge is 0.217 e. The van der Waals surface area contributed by atoms with E-state index >= 15 is 0 Å². The van der Waals surface area contributed by atoms with Crippen molar-refractivity contribution in [1.82, 2.24) is 19.7 Å². The van der Waals surface area contributed by atoms with Gasteiger partial charge in [-0.1, -0.05) is 30.7 Å². The number of hydrogen-bond donors (Lipinski definition) is 1. The lowest BCUT2D eigenvalue weighted by molar-refractivity contribution is 0.0681. The van der Waals surface area contributed by atoms with Crippen LogP contribution in [0.1, 0.15) is 43.3 Å². The van der Waals surface area contributed by atoms with Crippen LogP contribution in [0.15, 0.2) is 46.0 Å². The number of furan rings is 1. The number of aliphatic hydroxyl groups excluding tert-OH is 1. The normalized spacial score (nSPS) is 20.4. The number of aryl methyl sites for hydroxylation is 1. The molecular formula is C19H22N4O2S. The predicted molar refractivity (Wildman–Crippen MR) is 99.8 cm³/mol. The Balaban J connectivity index is 1.64. The maximum Gasteiger partial charge on any atom is 0.217 e. The third kappa shape index (κ3) is 3.68. The van der Waals surface area contributed by atoms with Crippen molar-refractivity contribution in [3.63, 3.8) is 0 Å². The number of aliphatic hydroxyl groups is 1. The van der Waals surface area contributed by atoms with Crippen molar-refractivity contribution >= 4 is 11.8 Å². The van der Waals surface area contributed by atoms with E-state index in [0.717, 1.165) is 42.3 Å². The average molecular weight is 370 g/mol. The van der Waals surface area contributed by atoms with E-state index in [1.54, 1.807) is 18.0 Å². The van der Waals surface area contributed by atoms with E-state index in [1.165, 1.54) is 0 Å². The Bertz CT molecular complexity index is 862. The minimum atomic E-state index is -0.379. The zero-order valence-electron chi connectivity index (χ0n) is 14.7. The second-order valence-electron chi connectivity index (χ2n) is 6.58. The molecule has 0 aliphatic heterocycles. The number of rotatable bonds is 5. The van der Waals surface area contributed by atoms with Gasteiger partial charge in [-0.05, 0) is 44.0 Å². The van der Waals surface area contributed by atoms with Gasteiger partial charge in [0.25, 0.3) is 0 Å². The van der Waals surface area contributed by atoms with Crippen LogP contribution >= 0.6 is 11.8 Å². The Morgan fingerprint density at radius 3 is 2.85 bits per heavy atom. The van der Waals surface area contributed by atoms with Crippen LogP contribution in [0.3, 0.4) is 0 Å². The van der Waals surface area contributed by atoms with Gasteiger partial charge in [-0.15, -0.1) is 5.10 Å². The molecule has 3 heterocycles. The monoisotopic (exact) mass is 370 g/mol. The van der Waals surface area contributed by atoms with Gasteiger partial charge >= 0.3 is 0 Å². The SMILES string of the molecule is Cc1ccc(-c2nc(CSc3ccccn3)n([C@@H]3CCCC[C@H]3O)n2)o1. The Hall–Kier alpha value is -2.12. The summed E-state index contributed by atoms with van der Waals surface area (Å²) in [6, 6.07) is 9.64. The minimum Gasteiger partial charge on any atom is -0.458 e. The molecule has 0 aromatic carbocycles. The van der Waals surface area contributed by atoms with E-state index in [4.69, 9.17) is 14.5 Å². The second kappa shape index (κ2) is 7.63. The van der Waals surface area contributed by atoms with E-state index in [2.05, 4.69) is 4.98 Å². The molecule has 1 saturated carbocycles. The molecule has 0 radical (unpaired) electrons. The standard InChI is InChI=1S/C19H22N4O2S/c1-13-9-10-16(25-13)19-21-17(12-26-18-8-4-5-11-20-18)23(22-19)14-6-2-3-7-15(14)24/h4-5,8-11,14-15,24H,2-3,6-7,12H2,1H3/t14-,15-/m1/s1. The van der Waals surface area contributed by atoms with Gasteiger partial charge in [0.2, 0.25) is 5.82 Å². The first-order valence-electron chi connectivity index (χ1n) is 8.95. The van der Waals surface area contributed by atoms with Gasteiger partial charge in [-0.25, -0.2) is 14.6 Å². The maximum absolute atomic E-state index is 10.5. The van der Waals surface area contributed by atoms with Crippen LogP contribution in [0.25, 0.3) is 11.6 Å². The molecule has 0 saturated heterocycles. The molecule has 4 rings (SSSR count). The highest BCUT2D eigenvalue weighted by Crippen LogP contribution is 2.32. The predicted octanol–water partition coefficient (Wildman–Crippen LogP) is 4.01. The van der Waals surface area contributed by atoms with Crippen LogP contribution in [0, 0.1) is 6.92 Å². The number of aromatic nitrogens is 4. The van der Waals surface area contributed by atoms with Crippen molar-refractivity contribution in [2.75, 3.05) is 0 Å². The zero-order valence-corrected chi connectivity index (χ0v) is 15.5. The molecule has 0 bridgehead atoms. The van der Waals surface area contributed by atoms with Crippen molar-refractivity contribution in [3.8, 4) is 11.6 Å². The van der Waals surface area contributed by atoms with E-state index in [9.17, 15) is 5.11 Å². The molecule has 1 fully saturated rings. The number of hydrogen-bond acceptors (Lipinski definition) is 6. The highest BCUT2D eigenvalue weighted by molar-refractivity contribution is 7.98. The largest absolute Gasteiger partial charge is 0.458 e. The fourth-order valence-electron chi connectivity index (χ4n) is 3.33. The van der Waals surface area contributed by atoms with E-state index in [1.807, 2.05) is 41.9 Å². The van der Waals surface area contributed by atoms with Crippen molar-refractivity contribution in [2.45, 2.75) is 55.5 Å². The first-order chi connectivity index (χ1) is 12.7. The topological polar surface area (TPSA) is 77.0 Å². The molecule has 3 aromatic rings. The Morgan fingerprint density at radius 2 is 2.12 bits per heavy atom. The molecule has 1 aliphatic rings. The van der Waals surface area contributed by atoms with Gasteiger partial charge in [0.05, 0.1) is 22.9 Å². The lowest BCUT2D eigenvalue weighted by Gasteiger charge is -2.28. The summed E-state index contributed by atoms with van der Waals surface area (Å²) < 4.78 is 7.60. The highest BCUT2D eigenvalue weighted by Gasteiger charge is 2.29. The van der Waals surface area contributed by atoms with Crippen LogP contribution in [0.5, 0.6) is 0 Å². The molecule has 0 amide bonds. The highest BCUT2D eigenvalue weighted by atomic mass is 32.2. The fourth-order valence-corrected chi connectivity index (χ4v) is 4.11. The summed E-state index contributed by atoms with van der Waals surface area (Å²) in [4.78, 5) is 9.07. The number of nitrogens with zero attached hydrogens (tertiary/aromatic N) is 4. The zero-order chi connectivity index (χ0) is 17.9. The van der Waals surface area contributed by atoms with Crippen molar-refractivity contribution in [3.05, 3.63) is 48.1 Å². The molecule has 26 heavy (non-hydrogen) atoms. The first-order valence-corrected chi connectivity index (χ1v) is 9.93. The van der Waals surface area contributed by atoms with Crippen LogP contribution in [0.2, 0.25) is 0 Å². The fraction of sp³-hybridized carbons (Fsp3) is 0.421. The molecule has 6 nitrogen and oxygen atoms in total. The Kier molecular flexibility index (Phi) is 5.08. The summed E-state index contributed by atoms with van der Waals surface area (Å²) in [6.45, 7) is 1.91. The quantitative estimate of drug-likeness (QED) is 0.684. The summed E-state index contributed by atoms with van der Waals surface area (Å²) in [5.74, 6) is 3.56. The van der Waals surface area contributed by atoms with Crippen LogP contribution in [-0.4, -0.2) is 31.0 Å². The van der Waals surface area contributed by atoms with Crippen LogP contribution in [0.4, 0.5) is 0 Å². The van der Waals surface area contributed by atoms with Gasteiger partial charge < -0.3 is 9.52 Å². The Morgan fingerprint density at radius 1 is 1.23 bits per heavy atom. The van der Waals surface area contributed by atoms with Crippen molar-refractivity contribution in [1.29, 1.82) is 0 Å². The summed E-state index contributed by atoms with van der Waals surface area (Å²) in [7, 11) is 0. The third-order valence-corrected chi connectivity index (χ3v) is 5.60. The summed E-state index contributed by atoms with van der Waals surface area (Å²) in [6.07, 6.45) is 5.30. The molecule has 3 aromatic heterocycles. The first kappa shape index (κ1) is 17.3. The van der Waals surface area contributed by atoms with Gasteiger partial charge in [0.1, 0.15) is 11.6 Å². The lowest BCUT2D eigenvalue weighted by Crippen LogP contribution is -2.29. The molecule has 1 aliphatic carbocycles. The molecule has 0 spiro atoms. The molecule has 1 N–H and O–H groups in total. The molecule has 136 valence electrons. The van der Waals surface area contributed by atoms with Crippen molar-refractivity contribution in [2.24, 2.45) is 0 Å². The van der Waals surface area contributed by atoms with Gasteiger partial charge in [0.15, 0.2) is 5.76 Å². The van der Waals surface area contributed by atoms with Crippen LogP contribution in [-0.2, 0) is 5.75 Å². The summed E-state index contributed by atoms with van der Waals surface area (Å²) in [5.41, 5.74) is 0. The lowest BCUT2D eigenvalue weighted by atomic mass is 9.93. The number of pyridine rings is 1. The molecule has 7 heteroatoms.